The van der Waals surface area contributed by atoms with Gasteiger partial charge < -0.3 is 11.1 Å². The summed E-state index contributed by atoms with van der Waals surface area (Å²) in [6.07, 6.45) is 9.65. The highest BCUT2D eigenvalue weighted by molar-refractivity contribution is 5.71. The highest BCUT2D eigenvalue weighted by atomic mass is 15.4. The zero-order valence-electron chi connectivity index (χ0n) is 14.6. The van der Waals surface area contributed by atoms with Crippen molar-refractivity contribution in [3.05, 3.63) is 53.6 Å². The first-order valence-corrected chi connectivity index (χ1v) is 8.88. The normalized spacial score (nSPS) is 21.5. The molecule has 0 fully saturated rings. The van der Waals surface area contributed by atoms with Crippen LogP contribution in [0.1, 0.15) is 22.7 Å². The predicted molar refractivity (Wildman–Crippen MR) is 103 cm³/mol. The molecule has 2 aliphatic rings. The van der Waals surface area contributed by atoms with E-state index in [1.54, 1.807) is 0 Å². The van der Waals surface area contributed by atoms with E-state index in [-0.39, 0.29) is 5.92 Å². The molecule has 1 aliphatic carbocycles. The Morgan fingerprint density at radius 3 is 2.92 bits per heavy atom. The minimum absolute atomic E-state index is 0.254. The molecule has 0 saturated heterocycles. The molecule has 1 aliphatic heterocycles. The van der Waals surface area contributed by atoms with E-state index in [9.17, 15) is 0 Å². The number of nitrogen functional groups attached to an aromatic ring is 1. The zero-order valence-corrected chi connectivity index (χ0v) is 14.6. The van der Waals surface area contributed by atoms with Crippen LogP contribution in [0.5, 0.6) is 0 Å². The van der Waals surface area contributed by atoms with Crippen molar-refractivity contribution in [1.29, 1.82) is 0 Å². The average molecular weight is 347 g/mol. The average Bonchev–Trinajstić information content (AvgIpc) is 3.32. The number of imidazole rings is 1. The molecule has 0 amide bonds. The molecule has 3 heterocycles. The molecule has 26 heavy (non-hydrogen) atoms. The summed E-state index contributed by atoms with van der Waals surface area (Å²) in [5, 5.41) is 9.88. The minimum atomic E-state index is 0.254. The van der Waals surface area contributed by atoms with Gasteiger partial charge in [-0.05, 0) is 36.1 Å². The summed E-state index contributed by atoms with van der Waals surface area (Å²) >= 11 is 0. The number of fused-ring (bicyclic) bond motifs is 2. The van der Waals surface area contributed by atoms with E-state index < -0.39 is 0 Å². The van der Waals surface area contributed by atoms with Crippen LogP contribution in [0, 0.1) is 0 Å². The number of anilines is 2. The second kappa shape index (κ2) is 5.72. The van der Waals surface area contributed by atoms with Crippen LogP contribution in [0.25, 0.3) is 5.65 Å². The summed E-state index contributed by atoms with van der Waals surface area (Å²) in [6.45, 7) is 0.873. The first-order valence-electron chi connectivity index (χ1n) is 8.88. The Balaban J connectivity index is 1.42. The maximum Gasteiger partial charge on any atom is 0.180 e. The van der Waals surface area contributed by atoms with E-state index in [1.165, 1.54) is 11.1 Å². The Bertz CT molecular complexity index is 1010. The van der Waals surface area contributed by atoms with E-state index in [0.717, 1.165) is 42.2 Å². The third kappa shape index (κ3) is 2.47. The summed E-state index contributed by atoms with van der Waals surface area (Å²) in [6, 6.07) is 6.49. The van der Waals surface area contributed by atoms with Gasteiger partial charge in [0.15, 0.2) is 11.5 Å². The van der Waals surface area contributed by atoms with Crippen LogP contribution in [0.3, 0.4) is 0 Å². The number of nitrogens with one attached hydrogen (secondary N) is 1. The van der Waals surface area contributed by atoms with Crippen molar-refractivity contribution >= 4 is 23.4 Å². The van der Waals surface area contributed by atoms with Gasteiger partial charge in [-0.25, -0.2) is 9.97 Å². The maximum absolute atomic E-state index is 5.92. The Morgan fingerprint density at radius 1 is 1.19 bits per heavy atom. The SMILES string of the molecule is CN1CC(c2cnc3c(NC4Cc5ccc(N)cc5C4)nccn23)C=N1. The third-order valence-corrected chi connectivity index (χ3v) is 5.24. The number of hydrogen-bond acceptors (Lipinski definition) is 6. The molecule has 2 unspecified atom stereocenters. The fourth-order valence-corrected chi connectivity index (χ4v) is 3.99. The van der Waals surface area contributed by atoms with Gasteiger partial charge in [0.25, 0.3) is 0 Å². The first-order chi connectivity index (χ1) is 12.7. The first kappa shape index (κ1) is 15.2. The molecule has 3 N–H and O–H groups in total. The van der Waals surface area contributed by atoms with Gasteiger partial charge in [0.05, 0.1) is 17.8 Å². The van der Waals surface area contributed by atoms with Crippen molar-refractivity contribution in [3.63, 3.8) is 0 Å². The Labute approximate surface area is 151 Å². The van der Waals surface area contributed by atoms with Crippen molar-refractivity contribution in [3.8, 4) is 0 Å². The summed E-state index contributed by atoms with van der Waals surface area (Å²) in [5.74, 6) is 1.08. The number of hydrogen-bond donors (Lipinski definition) is 2. The number of aromatic nitrogens is 3. The van der Waals surface area contributed by atoms with Crippen molar-refractivity contribution in [2.45, 2.75) is 24.8 Å². The van der Waals surface area contributed by atoms with Gasteiger partial charge in [0.1, 0.15) is 0 Å². The second-order valence-corrected chi connectivity index (χ2v) is 7.14. The Kier molecular flexibility index (Phi) is 3.34. The van der Waals surface area contributed by atoms with E-state index in [2.05, 4.69) is 36.9 Å². The number of likely N-dealkylation sites (N-methyl/N-ethyl adjacent to an activating group) is 1. The maximum atomic E-state index is 5.92. The van der Waals surface area contributed by atoms with Crippen LogP contribution in [0.15, 0.2) is 41.9 Å². The highest BCUT2D eigenvalue weighted by Gasteiger charge is 2.24. The molecule has 7 nitrogen and oxygen atoms in total. The zero-order chi connectivity index (χ0) is 17.7. The molecular weight excluding hydrogens is 326 g/mol. The molecule has 2 atom stereocenters. The lowest BCUT2D eigenvalue weighted by atomic mass is 10.1. The molecule has 0 spiro atoms. The highest BCUT2D eigenvalue weighted by Crippen LogP contribution is 2.28. The number of nitrogens with two attached hydrogens (primary N) is 1. The summed E-state index contributed by atoms with van der Waals surface area (Å²) < 4.78 is 2.12. The van der Waals surface area contributed by atoms with Gasteiger partial charge in [0, 0.05) is 43.9 Å². The minimum Gasteiger partial charge on any atom is -0.399 e. The molecular formula is C19H21N7. The smallest absolute Gasteiger partial charge is 0.180 e. The number of benzene rings is 1. The predicted octanol–water partition coefficient (Wildman–Crippen LogP) is 1.91. The topological polar surface area (TPSA) is 83.8 Å². The molecule has 5 rings (SSSR count). The van der Waals surface area contributed by atoms with Gasteiger partial charge in [-0.15, -0.1) is 0 Å². The quantitative estimate of drug-likeness (QED) is 0.707. The van der Waals surface area contributed by atoms with Gasteiger partial charge in [-0.2, -0.15) is 5.10 Å². The number of hydrazone groups is 1. The summed E-state index contributed by atoms with van der Waals surface area (Å²) in [4.78, 5) is 9.17. The molecule has 1 aromatic carbocycles. The van der Waals surface area contributed by atoms with E-state index in [4.69, 9.17) is 5.73 Å². The lowest BCUT2D eigenvalue weighted by Gasteiger charge is -2.14. The van der Waals surface area contributed by atoms with Crippen LogP contribution in [0.2, 0.25) is 0 Å². The van der Waals surface area contributed by atoms with Crippen LogP contribution in [-0.4, -0.2) is 45.2 Å². The van der Waals surface area contributed by atoms with Gasteiger partial charge in [0.2, 0.25) is 0 Å². The molecule has 0 radical (unpaired) electrons. The Morgan fingerprint density at radius 2 is 2.08 bits per heavy atom. The number of rotatable bonds is 3. The van der Waals surface area contributed by atoms with Crippen molar-refractivity contribution < 1.29 is 0 Å². The molecule has 0 bridgehead atoms. The van der Waals surface area contributed by atoms with Gasteiger partial charge >= 0.3 is 0 Å². The van der Waals surface area contributed by atoms with Crippen molar-refractivity contribution in [2.75, 3.05) is 24.6 Å². The van der Waals surface area contributed by atoms with E-state index in [1.807, 2.05) is 42.9 Å². The standard InChI is InChI=1S/C19H21N7/c1-25-11-14(9-23-25)17-10-22-19-18(21-4-5-26(17)19)24-16-7-12-2-3-15(20)6-13(12)8-16/h2-6,9-10,14,16H,7-8,11,20H2,1H3,(H,21,24). The third-order valence-electron chi connectivity index (χ3n) is 5.24. The monoisotopic (exact) mass is 347 g/mol. The fraction of sp³-hybridized carbons (Fsp3) is 0.316. The van der Waals surface area contributed by atoms with Crippen LogP contribution >= 0.6 is 0 Å². The lowest BCUT2D eigenvalue weighted by Crippen LogP contribution is -2.21. The Hall–Kier alpha value is -3.09. The fourth-order valence-electron chi connectivity index (χ4n) is 3.99. The number of nitrogens with zero attached hydrogens (tertiary/aromatic N) is 5. The van der Waals surface area contributed by atoms with Crippen molar-refractivity contribution in [1.82, 2.24) is 19.4 Å². The van der Waals surface area contributed by atoms with Gasteiger partial charge in [-0.1, -0.05) is 6.07 Å². The van der Waals surface area contributed by atoms with E-state index >= 15 is 0 Å². The molecule has 132 valence electrons. The largest absolute Gasteiger partial charge is 0.399 e. The molecule has 3 aromatic rings. The second-order valence-electron chi connectivity index (χ2n) is 7.14. The molecule has 2 aromatic heterocycles. The lowest BCUT2D eigenvalue weighted by molar-refractivity contribution is 0.380. The van der Waals surface area contributed by atoms with Crippen LogP contribution in [0.4, 0.5) is 11.5 Å². The molecule has 7 heteroatoms. The van der Waals surface area contributed by atoms with E-state index in [0.29, 0.717) is 6.04 Å². The summed E-state index contributed by atoms with van der Waals surface area (Å²) in [5.41, 5.74) is 11.4. The van der Waals surface area contributed by atoms with Crippen LogP contribution in [-0.2, 0) is 12.8 Å². The molecule has 0 saturated carbocycles. The summed E-state index contributed by atoms with van der Waals surface area (Å²) in [7, 11) is 1.98. The van der Waals surface area contributed by atoms with Gasteiger partial charge in [-0.3, -0.25) is 9.41 Å². The van der Waals surface area contributed by atoms with Crippen LogP contribution < -0.4 is 11.1 Å². The van der Waals surface area contributed by atoms with Crippen molar-refractivity contribution in [2.24, 2.45) is 5.10 Å².